The molecule has 4 aromatic rings. The zero-order chi connectivity index (χ0) is 34.0. The van der Waals surface area contributed by atoms with Crippen LogP contribution in [-0.4, -0.2) is 49.2 Å². The summed E-state index contributed by atoms with van der Waals surface area (Å²) in [4.78, 5) is 40.3. The first kappa shape index (κ1) is 35.4. The normalized spacial score (nSPS) is 11.8. The van der Waals surface area contributed by atoms with Gasteiger partial charge in [0.25, 0.3) is 15.7 Å². The SMILES string of the molecule is CCCCNC(=O)[C@H](Cc1ccccc1)N(Cc1ccc(Cl)cc1Cl)C(=O)CN(c1ccc([N+](=O)[O-])cc1)S(=O)(=O)c1ccccc1. The second-order valence-electron chi connectivity index (χ2n) is 10.7. The number of hydrogen-bond donors (Lipinski definition) is 1. The Balaban J connectivity index is 1.81. The summed E-state index contributed by atoms with van der Waals surface area (Å²) in [6, 6.07) is 25.3. The lowest BCUT2D eigenvalue weighted by Gasteiger charge is -2.34. The Morgan fingerprint density at radius 3 is 2.15 bits per heavy atom. The highest BCUT2D eigenvalue weighted by atomic mass is 35.5. The zero-order valence-corrected chi connectivity index (χ0v) is 27.9. The molecule has 0 fully saturated rings. The highest BCUT2D eigenvalue weighted by Gasteiger charge is 2.35. The molecule has 4 aromatic carbocycles. The van der Waals surface area contributed by atoms with E-state index in [0.29, 0.717) is 17.1 Å². The number of nitrogens with one attached hydrogen (secondary N) is 1. The summed E-state index contributed by atoms with van der Waals surface area (Å²) < 4.78 is 29.0. The fourth-order valence-electron chi connectivity index (χ4n) is 4.88. The van der Waals surface area contributed by atoms with Gasteiger partial charge in [-0.15, -0.1) is 0 Å². The number of hydrogen-bond acceptors (Lipinski definition) is 6. The van der Waals surface area contributed by atoms with Gasteiger partial charge in [-0.05, 0) is 53.9 Å². The third-order valence-corrected chi connectivity index (χ3v) is 9.79. The molecule has 0 saturated heterocycles. The number of carbonyl (C=O) groups is 2. The first-order chi connectivity index (χ1) is 22.5. The van der Waals surface area contributed by atoms with Crippen molar-refractivity contribution in [3.05, 3.63) is 134 Å². The second-order valence-corrected chi connectivity index (χ2v) is 13.4. The molecule has 246 valence electrons. The van der Waals surface area contributed by atoms with Crippen LogP contribution >= 0.6 is 23.2 Å². The van der Waals surface area contributed by atoms with Gasteiger partial charge < -0.3 is 10.2 Å². The summed E-state index contributed by atoms with van der Waals surface area (Å²) in [5.41, 5.74) is 1.07. The fourth-order valence-corrected chi connectivity index (χ4v) is 6.79. The number of nitro benzene ring substituents is 1. The van der Waals surface area contributed by atoms with Crippen LogP contribution in [0.2, 0.25) is 10.0 Å². The molecule has 0 spiro atoms. The van der Waals surface area contributed by atoms with E-state index in [0.717, 1.165) is 34.8 Å². The van der Waals surface area contributed by atoms with E-state index < -0.39 is 39.3 Å². The van der Waals surface area contributed by atoms with Crippen molar-refractivity contribution < 1.29 is 22.9 Å². The van der Waals surface area contributed by atoms with Gasteiger partial charge in [0.15, 0.2) is 0 Å². The van der Waals surface area contributed by atoms with Gasteiger partial charge in [-0.3, -0.25) is 24.0 Å². The molecule has 0 aliphatic heterocycles. The lowest BCUT2D eigenvalue weighted by atomic mass is 10.0. The van der Waals surface area contributed by atoms with Crippen LogP contribution in [0.4, 0.5) is 11.4 Å². The van der Waals surface area contributed by atoms with E-state index in [1.54, 1.807) is 30.3 Å². The molecule has 0 radical (unpaired) electrons. The Labute approximate surface area is 284 Å². The Bertz CT molecular complexity index is 1790. The van der Waals surface area contributed by atoms with Gasteiger partial charge in [-0.1, -0.05) is 91.1 Å². The van der Waals surface area contributed by atoms with Crippen molar-refractivity contribution in [2.75, 3.05) is 17.4 Å². The largest absolute Gasteiger partial charge is 0.354 e. The van der Waals surface area contributed by atoms with Gasteiger partial charge in [0.1, 0.15) is 12.6 Å². The van der Waals surface area contributed by atoms with Crippen LogP contribution in [0.25, 0.3) is 0 Å². The van der Waals surface area contributed by atoms with E-state index in [9.17, 15) is 28.1 Å². The summed E-state index contributed by atoms with van der Waals surface area (Å²) in [5.74, 6) is -1.10. The van der Waals surface area contributed by atoms with Crippen LogP contribution in [0, 0.1) is 10.1 Å². The van der Waals surface area contributed by atoms with E-state index >= 15 is 0 Å². The molecule has 10 nitrogen and oxygen atoms in total. The van der Waals surface area contributed by atoms with E-state index in [1.807, 2.05) is 37.3 Å². The number of nitro groups is 1. The lowest BCUT2D eigenvalue weighted by molar-refractivity contribution is -0.384. The molecule has 0 aliphatic rings. The summed E-state index contributed by atoms with van der Waals surface area (Å²) in [7, 11) is -4.35. The van der Waals surface area contributed by atoms with Gasteiger partial charge in [-0.25, -0.2) is 8.42 Å². The summed E-state index contributed by atoms with van der Waals surface area (Å²) >= 11 is 12.7. The summed E-state index contributed by atoms with van der Waals surface area (Å²) in [6.07, 6.45) is 1.71. The average molecular weight is 698 g/mol. The average Bonchev–Trinajstić information content (AvgIpc) is 3.07. The van der Waals surface area contributed by atoms with Crippen LogP contribution in [0.5, 0.6) is 0 Å². The summed E-state index contributed by atoms with van der Waals surface area (Å²) in [6.45, 7) is 1.54. The fraction of sp³-hybridized carbons (Fsp3) is 0.235. The number of halogens is 2. The van der Waals surface area contributed by atoms with Crippen molar-refractivity contribution in [2.45, 2.75) is 43.7 Å². The lowest BCUT2D eigenvalue weighted by Crippen LogP contribution is -2.53. The zero-order valence-electron chi connectivity index (χ0n) is 25.6. The quantitative estimate of drug-likeness (QED) is 0.0841. The van der Waals surface area contributed by atoms with Crippen LogP contribution in [0.3, 0.4) is 0 Å². The minimum atomic E-state index is -4.35. The van der Waals surface area contributed by atoms with Crippen LogP contribution in [0.1, 0.15) is 30.9 Å². The minimum Gasteiger partial charge on any atom is -0.354 e. The number of carbonyl (C=O) groups excluding carboxylic acids is 2. The number of benzene rings is 4. The molecule has 4 rings (SSSR count). The van der Waals surface area contributed by atoms with Crippen molar-refractivity contribution in [1.82, 2.24) is 10.2 Å². The molecule has 0 aliphatic carbocycles. The molecular formula is C34H34Cl2N4O6S. The predicted octanol–water partition coefficient (Wildman–Crippen LogP) is 6.65. The topological polar surface area (TPSA) is 130 Å². The van der Waals surface area contributed by atoms with E-state index in [-0.39, 0.29) is 34.3 Å². The highest BCUT2D eigenvalue weighted by molar-refractivity contribution is 7.92. The van der Waals surface area contributed by atoms with Gasteiger partial charge in [0.2, 0.25) is 11.8 Å². The molecule has 1 atom stereocenters. The van der Waals surface area contributed by atoms with Gasteiger partial charge in [0, 0.05) is 41.7 Å². The Hall–Kier alpha value is -4.45. The van der Waals surface area contributed by atoms with Crippen molar-refractivity contribution >= 4 is 56.4 Å². The van der Waals surface area contributed by atoms with Crippen molar-refractivity contribution in [1.29, 1.82) is 0 Å². The molecule has 0 heterocycles. The minimum absolute atomic E-state index is 0.0317. The van der Waals surface area contributed by atoms with Crippen LogP contribution in [0.15, 0.2) is 108 Å². The van der Waals surface area contributed by atoms with E-state index in [2.05, 4.69) is 5.32 Å². The van der Waals surface area contributed by atoms with Crippen molar-refractivity contribution in [3.8, 4) is 0 Å². The standard InChI is InChI=1S/C34H34Cl2N4O6S/c1-2-3-20-37-34(42)32(21-25-10-6-4-7-11-25)38(23-26-14-15-27(35)22-31(26)36)33(41)24-39(28-16-18-29(19-17-28)40(43)44)47(45,46)30-12-8-5-9-13-30/h4-19,22,32H,2-3,20-21,23-24H2,1H3,(H,37,42)/t32-/m0/s1. The monoisotopic (exact) mass is 696 g/mol. The number of amides is 2. The number of rotatable bonds is 15. The maximum absolute atomic E-state index is 14.5. The Kier molecular flexibility index (Phi) is 12.4. The first-order valence-electron chi connectivity index (χ1n) is 14.9. The van der Waals surface area contributed by atoms with Crippen LogP contribution in [-0.2, 0) is 32.6 Å². The third kappa shape index (κ3) is 9.31. The van der Waals surface area contributed by atoms with Crippen LogP contribution < -0.4 is 9.62 Å². The third-order valence-electron chi connectivity index (χ3n) is 7.42. The number of unbranched alkanes of at least 4 members (excludes halogenated alkanes) is 1. The predicted molar refractivity (Wildman–Crippen MR) is 183 cm³/mol. The van der Waals surface area contributed by atoms with E-state index in [4.69, 9.17) is 23.2 Å². The van der Waals surface area contributed by atoms with Gasteiger partial charge in [0.05, 0.1) is 15.5 Å². The molecule has 2 amide bonds. The Morgan fingerprint density at radius 2 is 1.55 bits per heavy atom. The molecule has 47 heavy (non-hydrogen) atoms. The maximum atomic E-state index is 14.5. The molecule has 0 saturated carbocycles. The molecule has 0 aromatic heterocycles. The smallest absolute Gasteiger partial charge is 0.269 e. The molecular weight excluding hydrogens is 663 g/mol. The highest BCUT2D eigenvalue weighted by Crippen LogP contribution is 2.28. The molecule has 1 N–H and O–H groups in total. The maximum Gasteiger partial charge on any atom is 0.269 e. The second kappa shape index (κ2) is 16.4. The van der Waals surface area contributed by atoms with Gasteiger partial charge in [-0.2, -0.15) is 0 Å². The summed E-state index contributed by atoms with van der Waals surface area (Å²) in [5, 5.41) is 14.9. The number of sulfonamides is 1. The molecule has 0 unspecified atom stereocenters. The molecule has 0 bridgehead atoms. The van der Waals surface area contributed by atoms with Gasteiger partial charge >= 0.3 is 0 Å². The number of anilines is 1. The van der Waals surface area contributed by atoms with E-state index in [1.165, 1.54) is 35.2 Å². The number of non-ortho nitro benzene ring substituents is 1. The van der Waals surface area contributed by atoms with Crippen molar-refractivity contribution in [2.24, 2.45) is 0 Å². The van der Waals surface area contributed by atoms with Crippen molar-refractivity contribution in [3.63, 3.8) is 0 Å². The first-order valence-corrected chi connectivity index (χ1v) is 17.1. The Morgan fingerprint density at radius 1 is 0.915 bits per heavy atom. The number of nitrogens with zero attached hydrogens (tertiary/aromatic N) is 3. The molecule has 13 heteroatoms.